The summed E-state index contributed by atoms with van der Waals surface area (Å²) in [6.45, 7) is 0. The molecule has 3 nitrogen and oxygen atoms in total. The fourth-order valence-electron chi connectivity index (χ4n) is 2.17. The van der Waals surface area contributed by atoms with Crippen molar-refractivity contribution in [1.29, 1.82) is 0 Å². The van der Waals surface area contributed by atoms with Gasteiger partial charge in [0.25, 0.3) is 0 Å². The Hall–Kier alpha value is -0.990. The molecule has 2 aliphatic carbocycles. The Balaban J connectivity index is 2.09. The van der Waals surface area contributed by atoms with E-state index in [1.807, 2.05) is 0 Å². The van der Waals surface area contributed by atoms with Crippen molar-refractivity contribution in [3.63, 3.8) is 0 Å². The number of hydrogen-bond donors (Lipinski definition) is 2. The Morgan fingerprint density at radius 1 is 1.31 bits per heavy atom. The van der Waals surface area contributed by atoms with Crippen LogP contribution in [0.25, 0.3) is 0 Å². The molecule has 1 saturated carbocycles. The number of allylic oxidation sites excluding steroid dienone is 2. The first-order valence-corrected chi connectivity index (χ1v) is 4.74. The molecule has 13 heavy (non-hydrogen) atoms. The first-order chi connectivity index (χ1) is 6.18. The minimum atomic E-state index is -0.158. The molecule has 1 fully saturated rings. The topological polar surface area (TPSA) is 57.5 Å². The summed E-state index contributed by atoms with van der Waals surface area (Å²) in [4.78, 5) is 10.8. The molecular weight excluding hydrogens is 168 g/mol. The predicted molar refractivity (Wildman–Crippen MR) is 47.4 cm³/mol. The Morgan fingerprint density at radius 2 is 2.00 bits per heavy atom. The predicted octanol–water partition coefficient (Wildman–Crippen LogP) is 2.09. The highest BCUT2D eigenvalue weighted by molar-refractivity contribution is 5.64. The third-order valence-corrected chi connectivity index (χ3v) is 3.38. The first kappa shape index (κ1) is 8.60. The van der Waals surface area contributed by atoms with Crippen molar-refractivity contribution in [3.05, 3.63) is 11.5 Å². The van der Waals surface area contributed by atoms with E-state index in [1.165, 1.54) is 0 Å². The minimum Gasteiger partial charge on any atom is -0.509 e. The molecule has 0 aromatic carbocycles. The van der Waals surface area contributed by atoms with E-state index in [1.54, 1.807) is 0 Å². The highest BCUT2D eigenvalue weighted by atomic mass is 16.3. The van der Waals surface area contributed by atoms with Crippen LogP contribution in [0.5, 0.6) is 0 Å². The molecule has 0 saturated heterocycles. The normalized spacial score (nSPS) is 31.5. The summed E-state index contributed by atoms with van der Waals surface area (Å²) in [5.41, 5.74) is -0.158. The summed E-state index contributed by atoms with van der Waals surface area (Å²) < 4.78 is 0. The van der Waals surface area contributed by atoms with E-state index < -0.39 is 0 Å². The molecule has 0 bridgehead atoms. The lowest BCUT2D eigenvalue weighted by Crippen LogP contribution is -2.22. The molecule has 0 radical (unpaired) electrons. The highest BCUT2D eigenvalue weighted by Crippen LogP contribution is 2.54. The van der Waals surface area contributed by atoms with Crippen molar-refractivity contribution in [3.8, 4) is 0 Å². The van der Waals surface area contributed by atoms with Crippen molar-refractivity contribution in [1.82, 2.24) is 0 Å². The molecule has 0 aromatic rings. The number of aliphatic hydroxyl groups is 2. The van der Waals surface area contributed by atoms with Crippen molar-refractivity contribution in [2.75, 3.05) is 0 Å². The lowest BCUT2D eigenvalue weighted by Gasteiger charge is -2.26. The van der Waals surface area contributed by atoms with E-state index in [2.05, 4.69) is 0 Å². The number of hydrogen-bond acceptors (Lipinski definition) is 3. The maximum absolute atomic E-state index is 10.8. The lowest BCUT2D eigenvalue weighted by atomic mass is 9.80. The number of carbonyl (C=O) groups excluding carboxylic acids is 1. The van der Waals surface area contributed by atoms with Gasteiger partial charge in [-0.2, -0.15) is 0 Å². The second kappa shape index (κ2) is 2.76. The van der Waals surface area contributed by atoms with Crippen LogP contribution < -0.4 is 0 Å². The van der Waals surface area contributed by atoms with Gasteiger partial charge in [-0.05, 0) is 25.2 Å². The summed E-state index contributed by atoms with van der Waals surface area (Å²) in [6.07, 6.45) is 4.77. The van der Waals surface area contributed by atoms with Gasteiger partial charge in [-0.3, -0.25) is 0 Å². The largest absolute Gasteiger partial charge is 0.509 e. The average molecular weight is 182 g/mol. The van der Waals surface area contributed by atoms with E-state index in [4.69, 9.17) is 0 Å². The van der Waals surface area contributed by atoms with Crippen LogP contribution in [0.2, 0.25) is 0 Å². The van der Waals surface area contributed by atoms with Gasteiger partial charge in [-0.25, -0.2) is 0 Å². The molecule has 72 valence electrons. The number of aliphatic hydroxyl groups excluding tert-OH is 2. The van der Waals surface area contributed by atoms with Gasteiger partial charge in [-0.1, -0.05) is 0 Å². The van der Waals surface area contributed by atoms with Crippen LogP contribution in [0, 0.1) is 11.3 Å². The standard InChI is InChI=1S/C10H14O3/c11-6-10(3-4-10)7-1-2-8(12)9(13)5-7/h6-7,12-13H,1-5H2. The SMILES string of the molecule is O=CC1(C2CCC(O)=C(O)C2)CC1. The summed E-state index contributed by atoms with van der Waals surface area (Å²) in [6, 6.07) is 0. The Morgan fingerprint density at radius 3 is 2.46 bits per heavy atom. The number of aldehydes is 1. The van der Waals surface area contributed by atoms with Gasteiger partial charge in [0.1, 0.15) is 17.8 Å². The van der Waals surface area contributed by atoms with E-state index in [9.17, 15) is 15.0 Å². The monoisotopic (exact) mass is 182 g/mol. The number of rotatable bonds is 2. The van der Waals surface area contributed by atoms with E-state index in [0.717, 1.165) is 25.5 Å². The molecule has 2 aliphatic rings. The van der Waals surface area contributed by atoms with Crippen LogP contribution in [0.1, 0.15) is 32.1 Å². The zero-order valence-corrected chi connectivity index (χ0v) is 7.49. The Kier molecular flexibility index (Phi) is 1.82. The molecule has 0 amide bonds. The number of carbonyl (C=O) groups is 1. The van der Waals surface area contributed by atoms with Gasteiger partial charge in [0, 0.05) is 18.3 Å². The molecule has 1 unspecified atom stereocenters. The second-order valence-electron chi connectivity index (χ2n) is 4.18. The third-order valence-electron chi connectivity index (χ3n) is 3.38. The molecule has 0 aromatic heterocycles. The van der Waals surface area contributed by atoms with Gasteiger partial charge in [0.2, 0.25) is 0 Å². The van der Waals surface area contributed by atoms with Crippen LogP contribution in [0.4, 0.5) is 0 Å². The van der Waals surface area contributed by atoms with Crippen molar-refractivity contribution in [2.24, 2.45) is 11.3 Å². The first-order valence-electron chi connectivity index (χ1n) is 4.74. The molecule has 3 heteroatoms. The molecular formula is C10H14O3. The van der Waals surface area contributed by atoms with Gasteiger partial charge in [0.05, 0.1) is 0 Å². The quantitative estimate of drug-likeness (QED) is 0.643. The summed E-state index contributed by atoms with van der Waals surface area (Å²) >= 11 is 0. The third kappa shape index (κ3) is 1.32. The molecule has 0 heterocycles. The Bertz CT molecular complexity index is 263. The van der Waals surface area contributed by atoms with Crippen LogP contribution in [-0.4, -0.2) is 16.5 Å². The van der Waals surface area contributed by atoms with Crippen molar-refractivity contribution >= 4 is 6.29 Å². The Labute approximate surface area is 77.1 Å². The highest BCUT2D eigenvalue weighted by Gasteiger charge is 2.50. The maximum atomic E-state index is 10.8. The summed E-state index contributed by atoms with van der Waals surface area (Å²) in [5, 5.41) is 18.5. The lowest BCUT2D eigenvalue weighted by molar-refractivity contribution is -0.114. The van der Waals surface area contributed by atoms with Crippen molar-refractivity contribution < 1.29 is 15.0 Å². The van der Waals surface area contributed by atoms with Gasteiger partial charge in [0.15, 0.2) is 0 Å². The zero-order chi connectivity index (χ0) is 9.47. The minimum absolute atomic E-state index is 0.0874. The van der Waals surface area contributed by atoms with Crippen molar-refractivity contribution in [2.45, 2.75) is 32.1 Å². The molecule has 0 spiro atoms. The molecule has 0 aliphatic heterocycles. The molecule has 2 rings (SSSR count). The second-order valence-corrected chi connectivity index (χ2v) is 4.18. The van der Waals surface area contributed by atoms with Gasteiger partial charge < -0.3 is 15.0 Å². The van der Waals surface area contributed by atoms with Crippen LogP contribution in [-0.2, 0) is 4.79 Å². The molecule has 1 atom stereocenters. The van der Waals surface area contributed by atoms with E-state index in [0.29, 0.717) is 12.8 Å². The van der Waals surface area contributed by atoms with Gasteiger partial charge in [-0.15, -0.1) is 0 Å². The fourth-order valence-corrected chi connectivity index (χ4v) is 2.17. The summed E-state index contributed by atoms with van der Waals surface area (Å²) in [5.74, 6) is 0.447. The summed E-state index contributed by atoms with van der Waals surface area (Å²) in [7, 11) is 0. The van der Waals surface area contributed by atoms with Crippen LogP contribution >= 0.6 is 0 Å². The smallest absolute Gasteiger partial charge is 0.130 e. The average Bonchev–Trinajstić information content (AvgIpc) is 2.90. The van der Waals surface area contributed by atoms with E-state index >= 15 is 0 Å². The molecule has 2 N–H and O–H groups in total. The maximum Gasteiger partial charge on any atom is 0.130 e. The fraction of sp³-hybridized carbons (Fsp3) is 0.700. The van der Waals surface area contributed by atoms with Crippen LogP contribution in [0.15, 0.2) is 11.5 Å². The zero-order valence-electron chi connectivity index (χ0n) is 7.49. The van der Waals surface area contributed by atoms with E-state index in [-0.39, 0.29) is 22.9 Å². The van der Waals surface area contributed by atoms with Crippen LogP contribution in [0.3, 0.4) is 0 Å². The van der Waals surface area contributed by atoms with Gasteiger partial charge >= 0.3 is 0 Å².